The molecule has 0 fully saturated rings. The first-order valence-corrected chi connectivity index (χ1v) is 10.9. The molecule has 1 aromatic heterocycles. The Hall–Kier alpha value is -3.68. The number of amides is 2. The zero-order valence-electron chi connectivity index (χ0n) is 18.2. The molecule has 1 aliphatic rings. The van der Waals surface area contributed by atoms with Gasteiger partial charge >= 0.3 is 5.97 Å². The molecule has 0 bridgehead atoms. The number of carbonyl (C=O) groups excluding carboxylic acids is 3. The molecule has 1 N–H and O–H groups in total. The summed E-state index contributed by atoms with van der Waals surface area (Å²) in [5, 5.41) is 2.82. The van der Waals surface area contributed by atoms with E-state index in [9.17, 15) is 14.4 Å². The summed E-state index contributed by atoms with van der Waals surface area (Å²) in [5.74, 6) is -0.206. The first-order valence-electron chi connectivity index (χ1n) is 10.9. The standard InChI is InChI=1S/C24H26N4O4/c1-3-5-14-27-22(30)20(28-19-9-7-6-8-18(19)26-24(27)28)15-21(29)25-17-12-10-16(11-13-17)23(31)32-4-2/h6-13,20H,3-5,14-15H2,1-2H3,(H,25,29)/t20-/m0/s1. The Morgan fingerprint density at radius 1 is 1.09 bits per heavy atom. The van der Waals surface area contributed by atoms with Crippen LogP contribution in [0.4, 0.5) is 11.6 Å². The summed E-state index contributed by atoms with van der Waals surface area (Å²) in [5.41, 5.74) is 2.60. The van der Waals surface area contributed by atoms with Crippen LogP contribution in [0.25, 0.3) is 11.0 Å². The van der Waals surface area contributed by atoms with E-state index in [0.717, 1.165) is 23.9 Å². The number of hydrogen-bond acceptors (Lipinski definition) is 5. The molecule has 8 heteroatoms. The predicted molar refractivity (Wildman–Crippen MR) is 122 cm³/mol. The molecule has 0 spiro atoms. The SMILES string of the molecule is CCCCN1C(=O)[C@H](CC(=O)Nc2ccc(C(=O)OCC)cc2)n2c1nc1ccccc12. The van der Waals surface area contributed by atoms with Gasteiger partial charge in [0.15, 0.2) is 0 Å². The number of esters is 1. The van der Waals surface area contributed by atoms with E-state index in [2.05, 4.69) is 17.2 Å². The highest BCUT2D eigenvalue weighted by atomic mass is 16.5. The first kappa shape index (κ1) is 21.5. The smallest absolute Gasteiger partial charge is 0.338 e. The minimum Gasteiger partial charge on any atom is -0.462 e. The Kier molecular flexibility index (Phi) is 6.20. The van der Waals surface area contributed by atoms with Crippen molar-refractivity contribution < 1.29 is 19.1 Å². The van der Waals surface area contributed by atoms with Crippen molar-refractivity contribution in [2.24, 2.45) is 0 Å². The van der Waals surface area contributed by atoms with Crippen molar-refractivity contribution >= 4 is 40.5 Å². The summed E-state index contributed by atoms with van der Waals surface area (Å²) < 4.78 is 6.84. The van der Waals surface area contributed by atoms with E-state index in [0.29, 0.717) is 30.4 Å². The lowest BCUT2D eigenvalue weighted by atomic mass is 10.1. The van der Waals surface area contributed by atoms with Crippen LogP contribution < -0.4 is 10.2 Å². The Morgan fingerprint density at radius 3 is 2.56 bits per heavy atom. The van der Waals surface area contributed by atoms with E-state index in [1.54, 1.807) is 36.1 Å². The summed E-state index contributed by atoms with van der Waals surface area (Å²) in [6, 6.07) is 13.5. The fourth-order valence-electron chi connectivity index (χ4n) is 3.92. The van der Waals surface area contributed by atoms with Crippen LogP contribution in [-0.4, -0.2) is 40.5 Å². The van der Waals surface area contributed by atoms with Gasteiger partial charge in [-0.05, 0) is 49.7 Å². The monoisotopic (exact) mass is 434 g/mol. The van der Waals surface area contributed by atoms with Gasteiger partial charge < -0.3 is 10.1 Å². The zero-order chi connectivity index (χ0) is 22.7. The summed E-state index contributed by atoms with van der Waals surface area (Å²) in [6.45, 7) is 4.69. The topological polar surface area (TPSA) is 93.5 Å². The normalized spacial score (nSPS) is 15.1. The van der Waals surface area contributed by atoms with Gasteiger partial charge in [0.05, 0.1) is 29.6 Å². The second-order valence-electron chi connectivity index (χ2n) is 7.68. The number of nitrogens with zero attached hydrogens (tertiary/aromatic N) is 3. The number of ether oxygens (including phenoxy) is 1. The molecule has 0 aliphatic carbocycles. The van der Waals surface area contributed by atoms with Crippen molar-refractivity contribution in [1.82, 2.24) is 9.55 Å². The van der Waals surface area contributed by atoms with E-state index in [1.807, 2.05) is 28.8 Å². The van der Waals surface area contributed by atoms with Crippen LogP contribution in [0.3, 0.4) is 0 Å². The molecule has 166 valence electrons. The third-order valence-electron chi connectivity index (χ3n) is 5.48. The molecular formula is C24H26N4O4. The van der Waals surface area contributed by atoms with Crippen molar-refractivity contribution in [3.05, 3.63) is 54.1 Å². The molecule has 4 rings (SSSR count). The number of rotatable bonds is 8. The molecule has 0 unspecified atom stereocenters. The van der Waals surface area contributed by atoms with Crippen molar-refractivity contribution in [3.8, 4) is 0 Å². The molecular weight excluding hydrogens is 408 g/mol. The lowest BCUT2D eigenvalue weighted by Crippen LogP contribution is -2.32. The van der Waals surface area contributed by atoms with Crippen LogP contribution in [0.1, 0.15) is 49.5 Å². The highest BCUT2D eigenvalue weighted by Crippen LogP contribution is 2.36. The van der Waals surface area contributed by atoms with E-state index in [1.165, 1.54) is 0 Å². The zero-order valence-corrected chi connectivity index (χ0v) is 18.2. The first-order chi connectivity index (χ1) is 15.5. The average Bonchev–Trinajstić information content (AvgIpc) is 3.28. The number of benzene rings is 2. The molecule has 0 saturated carbocycles. The van der Waals surface area contributed by atoms with E-state index < -0.39 is 12.0 Å². The van der Waals surface area contributed by atoms with Gasteiger partial charge in [0.25, 0.3) is 5.91 Å². The molecule has 1 aliphatic heterocycles. The largest absolute Gasteiger partial charge is 0.462 e. The number of nitrogens with one attached hydrogen (secondary N) is 1. The van der Waals surface area contributed by atoms with Gasteiger partial charge in [0.2, 0.25) is 11.9 Å². The molecule has 2 aromatic carbocycles. The van der Waals surface area contributed by atoms with Crippen LogP contribution >= 0.6 is 0 Å². The van der Waals surface area contributed by atoms with Gasteiger partial charge in [-0.1, -0.05) is 25.5 Å². The maximum atomic E-state index is 13.2. The van der Waals surface area contributed by atoms with Crippen LogP contribution in [0.5, 0.6) is 0 Å². The van der Waals surface area contributed by atoms with Gasteiger partial charge in [-0.3, -0.25) is 19.1 Å². The fourth-order valence-corrected chi connectivity index (χ4v) is 3.92. The molecule has 32 heavy (non-hydrogen) atoms. The minimum atomic E-state index is -0.645. The van der Waals surface area contributed by atoms with Crippen molar-refractivity contribution in [3.63, 3.8) is 0 Å². The van der Waals surface area contributed by atoms with Crippen LogP contribution in [0.15, 0.2) is 48.5 Å². The Balaban J connectivity index is 1.53. The lowest BCUT2D eigenvalue weighted by Gasteiger charge is -2.15. The number of anilines is 2. The number of carbonyl (C=O) groups is 3. The van der Waals surface area contributed by atoms with Crippen LogP contribution in [0.2, 0.25) is 0 Å². The third kappa shape index (κ3) is 4.08. The number of para-hydroxylation sites is 2. The number of unbranched alkanes of at least 4 members (excludes halogenated alkanes) is 1. The molecule has 2 heterocycles. The molecule has 8 nitrogen and oxygen atoms in total. The van der Waals surface area contributed by atoms with Gasteiger partial charge in [0, 0.05) is 12.2 Å². The third-order valence-corrected chi connectivity index (χ3v) is 5.48. The number of aromatic nitrogens is 2. The van der Waals surface area contributed by atoms with Gasteiger partial charge in [-0.25, -0.2) is 9.78 Å². The summed E-state index contributed by atoms with van der Waals surface area (Å²) in [6.07, 6.45) is 1.81. The van der Waals surface area contributed by atoms with Crippen LogP contribution in [0, 0.1) is 0 Å². The summed E-state index contributed by atoms with van der Waals surface area (Å²) >= 11 is 0. The predicted octanol–water partition coefficient (Wildman–Crippen LogP) is 3.93. The molecule has 1 atom stereocenters. The van der Waals surface area contributed by atoms with Crippen molar-refractivity contribution in [2.45, 2.75) is 39.2 Å². The van der Waals surface area contributed by atoms with E-state index >= 15 is 0 Å². The molecule has 2 amide bonds. The number of fused-ring (bicyclic) bond motifs is 3. The maximum Gasteiger partial charge on any atom is 0.338 e. The quantitative estimate of drug-likeness (QED) is 0.542. The molecule has 0 radical (unpaired) electrons. The average molecular weight is 434 g/mol. The van der Waals surface area contributed by atoms with Crippen molar-refractivity contribution in [1.29, 1.82) is 0 Å². The fraction of sp³-hybridized carbons (Fsp3) is 0.333. The Labute approximate surface area is 186 Å². The lowest BCUT2D eigenvalue weighted by molar-refractivity contribution is -0.124. The van der Waals surface area contributed by atoms with Gasteiger partial charge in [-0.15, -0.1) is 0 Å². The van der Waals surface area contributed by atoms with E-state index in [4.69, 9.17) is 4.74 Å². The Bertz CT molecular complexity index is 1150. The summed E-state index contributed by atoms with van der Waals surface area (Å²) in [4.78, 5) is 44.1. The molecule has 0 saturated heterocycles. The van der Waals surface area contributed by atoms with Crippen molar-refractivity contribution in [2.75, 3.05) is 23.4 Å². The maximum absolute atomic E-state index is 13.2. The summed E-state index contributed by atoms with van der Waals surface area (Å²) in [7, 11) is 0. The van der Waals surface area contributed by atoms with Gasteiger partial charge in [0.1, 0.15) is 6.04 Å². The number of imidazole rings is 1. The second kappa shape index (κ2) is 9.21. The highest BCUT2D eigenvalue weighted by Gasteiger charge is 2.40. The second-order valence-corrected chi connectivity index (χ2v) is 7.68. The molecule has 3 aromatic rings. The highest BCUT2D eigenvalue weighted by molar-refractivity contribution is 6.05. The van der Waals surface area contributed by atoms with Crippen LogP contribution in [-0.2, 0) is 14.3 Å². The van der Waals surface area contributed by atoms with Gasteiger partial charge in [-0.2, -0.15) is 0 Å². The number of hydrogen-bond donors (Lipinski definition) is 1. The Morgan fingerprint density at radius 2 is 1.84 bits per heavy atom. The van der Waals surface area contributed by atoms with E-state index in [-0.39, 0.29) is 18.2 Å². The minimum absolute atomic E-state index is 0.00552.